The Bertz CT molecular complexity index is 1320. The smallest absolute Gasteiger partial charge is 0.269 e. The number of carbonyl (C=O) groups is 1. The fourth-order valence-corrected chi connectivity index (χ4v) is 4.79. The Balaban J connectivity index is 1.20. The lowest BCUT2D eigenvalue weighted by atomic mass is 10.1. The van der Waals surface area contributed by atoms with Gasteiger partial charge in [-0.25, -0.2) is 4.68 Å². The van der Waals surface area contributed by atoms with Crippen molar-refractivity contribution in [2.45, 2.75) is 45.1 Å². The number of amides is 1. The van der Waals surface area contributed by atoms with Crippen molar-refractivity contribution < 1.29 is 9.32 Å². The molecule has 0 aromatic carbocycles. The van der Waals surface area contributed by atoms with Gasteiger partial charge in [0.2, 0.25) is 5.91 Å². The quantitative estimate of drug-likeness (QED) is 0.518. The van der Waals surface area contributed by atoms with Gasteiger partial charge >= 0.3 is 0 Å². The number of nitrogens with zero attached hydrogens (tertiary/aromatic N) is 6. The van der Waals surface area contributed by atoms with Gasteiger partial charge in [-0.3, -0.25) is 14.6 Å². The summed E-state index contributed by atoms with van der Waals surface area (Å²) in [6.45, 7) is 5.02. The molecule has 0 spiro atoms. The Morgan fingerprint density at radius 2 is 1.94 bits per heavy atom. The van der Waals surface area contributed by atoms with Gasteiger partial charge < -0.3 is 14.3 Å². The summed E-state index contributed by atoms with van der Waals surface area (Å²) in [6.07, 6.45) is 7.36. The minimum absolute atomic E-state index is 0.147. The first kappa shape index (κ1) is 22.3. The van der Waals surface area contributed by atoms with Gasteiger partial charge in [0.05, 0.1) is 29.1 Å². The van der Waals surface area contributed by atoms with Gasteiger partial charge in [0.25, 0.3) is 5.56 Å². The Labute approximate surface area is 207 Å². The van der Waals surface area contributed by atoms with Crippen molar-refractivity contribution in [2.24, 2.45) is 5.41 Å². The molecule has 0 atom stereocenters. The monoisotopic (exact) mass is 494 g/mol. The average Bonchev–Trinajstić information content (AvgIpc) is 3.80. The number of pyridine rings is 1. The minimum Gasteiger partial charge on any atom is -0.367 e. The molecule has 3 aromatic rings. The molecular weight excluding hydrogens is 468 g/mol. The van der Waals surface area contributed by atoms with Crippen LogP contribution in [0.4, 0.5) is 5.69 Å². The molecule has 1 saturated heterocycles. The molecule has 0 radical (unpaired) electrons. The largest absolute Gasteiger partial charge is 0.367 e. The van der Waals surface area contributed by atoms with Crippen molar-refractivity contribution >= 4 is 23.2 Å². The van der Waals surface area contributed by atoms with Gasteiger partial charge in [-0.05, 0) is 37.8 Å². The fourth-order valence-electron chi connectivity index (χ4n) is 4.67. The number of hydrogen-bond acceptors (Lipinski definition) is 7. The number of carbonyl (C=O) groups excluding carboxylic acids is 1. The van der Waals surface area contributed by atoms with Crippen molar-refractivity contribution in [2.75, 3.05) is 31.1 Å². The van der Waals surface area contributed by atoms with Gasteiger partial charge in [-0.2, -0.15) is 5.10 Å². The molecule has 35 heavy (non-hydrogen) atoms. The maximum Gasteiger partial charge on any atom is 0.269 e. The van der Waals surface area contributed by atoms with Crippen LogP contribution in [0.3, 0.4) is 0 Å². The highest BCUT2D eigenvalue weighted by molar-refractivity contribution is 6.30. The highest BCUT2D eigenvalue weighted by Crippen LogP contribution is 2.46. The van der Waals surface area contributed by atoms with E-state index >= 15 is 0 Å². The van der Waals surface area contributed by atoms with Crippen LogP contribution in [0.1, 0.15) is 49.8 Å². The first-order valence-corrected chi connectivity index (χ1v) is 12.5. The molecule has 0 unspecified atom stereocenters. The van der Waals surface area contributed by atoms with Crippen molar-refractivity contribution in [3.8, 4) is 11.4 Å². The van der Waals surface area contributed by atoms with E-state index in [0.29, 0.717) is 48.5 Å². The number of rotatable bonds is 6. The van der Waals surface area contributed by atoms with E-state index in [0.717, 1.165) is 42.7 Å². The van der Waals surface area contributed by atoms with Crippen molar-refractivity contribution in [1.29, 1.82) is 0 Å². The van der Waals surface area contributed by atoms with Crippen molar-refractivity contribution in [1.82, 2.24) is 24.8 Å². The van der Waals surface area contributed by atoms with Crippen molar-refractivity contribution in [3.05, 3.63) is 57.3 Å². The maximum absolute atomic E-state index is 13.0. The molecule has 1 amide bonds. The molecule has 3 aliphatic rings. The standard InChI is InChI=1S/C25H27ClN6O3/c1-25(6-7-25)24(34)31-10-8-30(9-11-31)18-12-21(33)32(28-14-18)15-19-22(20-5-4-17(26)13-27-20)29-35-23(19)16-2-3-16/h4-5,12-14,16H,2-3,6-11,15H2,1H3. The van der Waals surface area contributed by atoms with Crippen LogP contribution in [-0.4, -0.2) is 56.9 Å². The van der Waals surface area contributed by atoms with Gasteiger partial charge in [-0.15, -0.1) is 0 Å². The number of halogens is 1. The molecule has 3 aromatic heterocycles. The van der Waals surface area contributed by atoms with Gasteiger partial charge in [-0.1, -0.05) is 23.7 Å². The van der Waals surface area contributed by atoms with Crippen LogP contribution in [0.5, 0.6) is 0 Å². The van der Waals surface area contributed by atoms with Crippen LogP contribution >= 0.6 is 11.6 Å². The first-order chi connectivity index (χ1) is 16.9. The summed E-state index contributed by atoms with van der Waals surface area (Å²) in [5.74, 6) is 1.39. The highest BCUT2D eigenvalue weighted by Gasteiger charge is 2.47. The predicted molar refractivity (Wildman–Crippen MR) is 130 cm³/mol. The first-order valence-electron chi connectivity index (χ1n) is 12.1. The third-order valence-corrected chi connectivity index (χ3v) is 7.57. The summed E-state index contributed by atoms with van der Waals surface area (Å²) in [7, 11) is 0. The minimum atomic E-state index is -0.190. The van der Waals surface area contributed by atoms with E-state index in [2.05, 4.69) is 20.1 Å². The van der Waals surface area contributed by atoms with E-state index in [1.54, 1.807) is 30.6 Å². The second-order valence-electron chi connectivity index (χ2n) is 10.1. The number of hydrogen-bond donors (Lipinski definition) is 0. The highest BCUT2D eigenvalue weighted by atomic mass is 35.5. The van der Waals surface area contributed by atoms with Gasteiger partial charge in [0.1, 0.15) is 11.5 Å². The summed E-state index contributed by atoms with van der Waals surface area (Å²) in [6, 6.07) is 5.18. The van der Waals surface area contributed by atoms with Gasteiger partial charge in [0, 0.05) is 55.3 Å². The number of anilines is 1. The second-order valence-corrected chi connectivity index (χ2v) is 10.5. The summed E-state index contributed by atoms with van der Waals surface area (Å²) >= 11 is 5.99. The molecule has 1 aliphatic heterocycles. The van der Waals surface area contributed by atoms with Crippen molar-refractivity contribution in [3.63, 3.8) is 0 Å². The molecule has 2 aliphatic carbocycles. The lowest BCUT2D eigenvalue weighted by Crippen LogP contribution is -2.50. The summed E-state index contributed by atoms with van der Waals surface area (Å²) in [5, 5.41) is 9.29. The van der Waals surface area contributed by atoms with E-state index < -0.39 is 0 Å². The number of aromatic nitrogens is 4. The summed E-state index contributed by atoms with van der Waals surface area (Å²) < 4.78 is 7.13. The van der Waals surface area contributed by atoms with Gasteiger partial charge in [0.15, 0.2) is 0 Å². The van der Waals surface area contributed by atoms with E-state index in [1.807, 2.05) is 11.8 Å². The van der Waals surface area contributed by atoms with E-state index in [9.17, 15) is 9.59 Å². The molecule has 2 saturated carbocycles. The molecule has 0 N–H and O–H groups in total. The van der Waals surface area contributed by atoms with Crippen LogP contribution in [0.2, 0.25) is 5.02 Å². The van der Waals surface area contributed by atoms with Crippen LogP contribution in [0, 0.1) is 5.41 Å². The second kappa shape index (κ2) is 8.48. The molecule has 6 rings (SSSR count). The maximum atomic E-state index is 13.0. The van der Waals surface area contributed by atoms with E-state index in [4.69, 9.17) is 16.1 Å². The molecule has 0 bridgehead atoms. The topological polar surface area (TPSA) is 97.4 Å². The summed E-state index contributed by atoms with van der Waals surface area (Å²) in [4.78, 5) is 34.1. The predicted octanol–water partition coefficient (Wildman–Crippen LogP) is 3.32. The Morgan fingerprint density at radius 1 is 1.17 bits per heavy atom. The van der Waals surface area contributed by atoms with E-state index in [-0.39, 0.29) is 23.4 Å². The molecule has 3 fully saturated rings. The molecule has 9 nitrogen and oxygen atoms in total. The zero-order valence-corrected chi connectivity index (χ0v) is 20.4. The molecule has 4 heterocycles. The van der Waals surface area contributed by atoms with E-state index in [1.165, 1.54) is 4.68 Å². The Morgan fingerprint density at radius 3 is 2.57 bits per heavy atom. The van der Waals surface area contributed by atoms with Crippen LogP contribution < -0.4 is 10.5 Å². The molecular formula is C25H27ClN6O3. The molecule has 10 heteroatoms. The zero-order chi connectivity index (χ0) is 24.2. The van der Waals surface area contributed by atoms with Crippen LogP contribution in [-0.2, 0) is 11.3 Å². The lowest BCUT2D eigenvalue weighted by Gasteiger charge is -2.37. The lowest BCUT2D eigenvalue weighted by molar-refractivity contribution is -0.136. The third-order valence-electron chi connectivity index (χ3n) is 7.35. The Hall–Kier alpha value is -3.20. The van der Waals surface area contributed by atoms with Crippen LogP contribution in [0.15, 0.2) is 39.9 Å². The van der Waals surface area contributed by atoms with Crippen LogP contribution in [0.25, 0.3) is 11.4 Å². The normalized spacial score (nSPS) is 19.1. The number of piperazine rings is 1. The Kier molecular flexibility index (Phi) is 5.40. The SMILES string of the molecule is CC1(C(=O)N2CCN(c3cnn(Cc4c(-c5ccc(Cl)cn5)noc4C4CC4)c(=O)c3)CC2)CC1. The average molecular weight is 495 g/mol. The summed E-state index contributed by atoms with van der Waals surface area (Å²) in [5.41, 5.74) is 2.55. The molecule has 182 valence electrons. The third kappa shape index (κ3) is 4.33. The fraction of sp³-hybridized carbons (Fsp3) is 0.480. The zero-order valence-electron chi connectivity index (χ0n) is 19.6.